The van der Waals surface area contributed by atoms with Crippen molar-refractivity contribution in [1.29, 1.82) is 0 Å². The number of carbonyl (C=O) groups excluding carboxylic acids is 2. The molecule has 152 valence electrons. The third-order valence-electron chi connectivity index (χ3n) is 5.01. The van der Waals surface area contributed by atoms with E-state index in [1.165, 1.54) is 0 Å². The highest BCUT2D eigenvalue weighted by Gasteiger charge is 2.33. The average molecular weight is 387 g/mol. The number of amides is 2. The smallest absolute Gasteiger partial charge is 0.410 e. The standard InChI is InChI=1S/C21H29N3O4/c1-14-13-23(20(26)28-21(2,3)4)9-10-24(14)19(25)18-11-15-7-8-16(27-6)12-17(15)22(18)5/h7-8,11-12,14H,9-10,13H2,1-6H3/t14-/m0/s1. The number of nitrogens with zero attached hydrogens (tertiary/aromatic N) is 3. The molecule has 2 amide bonds. The highest BCUT2D eigenvalue weighted by atomic mass is 16.6. The fraction of sp³-hybridized carbons (Fsp3) is 0.524. The van der Waals surface area contributed by atoms with Crippen LogP contribution in [0.15, 0.2) is 24.3 Å². The van der Waals surface area contributed by atoms with Crippen molar-refractivity contribution in [3.63, 3.8) is 0 Å². The molecule has 1 aromatic heterocycles. The van der Waals surface area contributed by atoms with Gasteiger partial charge in [-0.25, -0.2) is 4.79 Å². The molecule has 3 rings (SSSR count). The van der Waals surface area contributed by atoms with Crippen molar-refractivity contribution in [3.05, 3.63) is 30.0 Å². The van der Waals surface area contributed by atoms with E-state index in [1.807, 2.05) is 68.5 Å². The first-order valence-electron chi connectivity index (χ1n) is 9.53. The van der Waals surface area contributed by atoms with Gasteiger partial charge in [-0.15, -0.1) is 0 Å². The lowest BCUT2D eigenvalue weighted by Gasteiger charge is -2.40. The van der Waals surface area contributed by atoms with Crippen LogP contribution in [0.3, 0.4) is 0 Å². The topological polar surface area (TPSA) is 64.0 Å². The van der Waals surface area contributed by atoms with E-state index < -0.39 is 5.60 Å². The molecule has 1 aliphatic heterocycles. The minimum absolute atomic E-state index is 0.0333. The molecule has 1 atom stereocenters. The van der Waals surface area contributed by atoms with Gasteiger partial charge < -0.3 is 23.8 Å². The Hall–Kier alpha value is -2.70. The predicted octanol–water partition coefficient (Wildman–Crippen LogP) is 3.27. The summed E-state index contributed by atoms with van der Waals surface area (Å²) in [5.74, 6) is 0.723. The van der Waals surface area contributed by atoms with Crippen molar-refractivity contribution >= 4 is 22.9 Å². The number of fused-ring (bicyclic) bond motifs is 1. The third-order valence-corrected chi connectivity index (χ3v) is 5.01. The van der Waals surface area contributed by atoms with Crippen molar-refractivity contribution in [2.75, 3.05) is 26.7 Å². The lowest BCUT2D eigenvalue weighted by molar-refractivity contribution is 0.00599. The van der Waals surface area contributed by atoms with Crippen molar-refractivity contribution in [2.24, 2.45) is 7.05 Å². The average Bonchev–Trinajstić information content (AvgIpc) is 2.95. The van der Waals surface area contributed by atoms with E-state index >= 15 is 0 Å². The Kier molecular flexibility index (Phi) is 5.28. The van der Waals surface area contributed by atoms with Gasteiger partial charge in [0.2, 0.25) is 0 Å². The Morgan fingerprint density at radius 3 is 2.46 bits per heavy atom. The summed E-state index contributed by atoms with van der Waals surface area (Å²) in [4.78, 5) is 29.0. The quantitative estimate of drug-likeness (QED) is 0.793. The molecule has 0 N–H and O–H groups in total. The fourth-order valence-corrected chi connectivity index (χ4v) is 3.54. The van der Waals surface area contributed by atoms with Gasteiger partial charge in [-0.05, 0) is 45.9 Å². The second-order valence-electron chi connectivity index (χ2n) is 8.29. The van der Waals surface area contributed by atoms with Gasteiger partial charge in [-0.3, -0.25) is 4.79 Å². The van der Waals surface area contributed by atoms with Crippen molar-refractivity contribution < 1.29 is 19.1 Å². The zero-order valence-corrected chi connectivity index (χ0v) is 17.5. The van der Waals surface area contributed by atoms with Gasteiger partial charge in [0.1, 0.15) is 17.0 Å². The van der Waals surface area contributed by atoms with Crippen LogP contribution in [0.2, 0.25) is 0 Å². The summed E-state index contributed by atoms with van der Waals surface area (Å²) in [5, 5.41) is 0.992. The molecule has 2 aromatic rings. The van der Waals surface area contributed by atoms with Crippen molar-refractivity contribution in [1.82, 2.24) is 14.4 Å². The molecule has 1 fully saturated rings. The summed E-state index contributed by atoms with van der Waals surface area (Å²) in [5.41, 5.74) is 1.04. The Balaban J connectivity index is 1.76. The van der Waals surface area contributed by atoms with E-state index in [0.717, 1.165) is 16.7 Å². The normalized spacial score (nSPS) is 17.7. The molecule has 0 saturated carbocycles. The van der Waals surface area contributed by atoms with Crippen LogP contribution in [0.25, 0.3) is 10.9 Å². The molecular formula is C21H29N3O4. The van der Waals surface area contributed by atoms with Gasteiger partial charge in [-0.1, -0.05) is 0 Å². The first-order valence-corrected chi connectivity index (χ1v) is 9.53. The molecule has 0 unspecified atom stereocenters. The highest BCUT2D eigenvalue weighted by Crippen LogP contribution is 2.25. The summed E-state index contributed by atoms with van der Waals surface area (Å²) in [6, 6.07) is 7.58. The van der Waals surface area contributed by atoms with Gasteiger partial charge in [0.15, 0.2) is 0 Å². The third kappa shape index (κ3) is 3.93. The molecule has 28 heavy (non-hydrogen) atoms. The maximum Gasteiger partial charge on any atom is 0.410 e. The molecular weight excluding hydrogens is 358 g/mol. The summed E-state index contributed by atoms with van der Waals surface area (Å²) in [6.45, 7) is 8.90. The number of methoxy groups -OCH3 is 1. The lowest BCUT2D eigenvalue weighted by atomic mass is 10.1. The molecule has 0 spiro atoms. The monoisotopic (exact) mass is 387 g/mol. The second-order valence-corrected chi connectivity index (χ2v) is 8.29. The SMILES string of the molecule is COc1ccc2cc(C(=O)N3CCN(C(=O)OC(C)(C)C)C[C@@H]3C)n(C)c2c1. The number of aryl methyl sites for hydroxylation is 1. The van der Waals surface area contributed by atoms with Crippen LogP contribution < -0.4 is 4.74 Å². The van der Waals surface area contributed by atoms with E-state index in [4.69, 9.17) is 9.47 Å². The number of carbonyl (C=O) groups is 2. The lowest BCUT2D eigenvalue weighted by Crippen LogP contribution is -2.56. The minimum Gasteiger partial charge on any atom is -0.497 e. The van der Waals surface area contributed by atoms with Gasteiger partial charge in [0.05, 0.1) is 12.6 Å². The van der Waals surface area contributed by atoms with E-state index in [0.29, 0.717) is 25.3 Å². The molecule has 1 aromatic carbocycles. The molecule has 1 aliphatic rings. The molecule has 1 saturated heterocycles. The molecule has 7 nitrogen and oxygen atoms in total. The number of hydrogen-bond donors (Lipinski definition) is 0. The first-order chi connectivity index (χ1) is 13.1. The zero-order valence-electron chi connectivity index (χ0n) is 17.5. The summed E-state index contributed by atoms with van der Waals surface area (Å²) in [6.07, 6.45) is -0.330. The van der Waals surface area contributed by atoms with Gasteiger partial charge in [-0.2, -0.15) is 0 Å². The number of aromatic nitrogens is 1. The van der Waals surface area contributed by atoms with Gasteiger partial charge >= 0.3 is 6.09 Å². The summed E-state index contributed by atoms with van der Waals surface area (Å²) >= 11 is 0. The van der Waals surface area contributed by atoms with Crippen LogP contribution >= 0.6 is 0 Å². The Labute approximate surface area is 165 Å². The number of rotatable bonds is 2. The minimum atomic E-state index is -0.530. The Bertz CT molecular complexity index is 897. The maximum atomic E-state index is 13.2. The van der Waals surface area contributed by atoms with Crippen LogP contribution in [0, 0.1) is 0 Å². The molecule has 0 aliphatic carbocycles. The van der Waals surface area contributed by atoms with Crippen LogP contribution in [0.1, 0.15) is 38.2 Å². The Morgan fingerprint density at radius 1 is 1.14 bits per heavy atom. The highest BCUT2D eigenvalue weighted by molar-refractivity contribution is 5.99. The number of hydrogen-bond acceptors (Lipinski definition) is 4. The summed E-state index contributed by atoms with van der Waals surface area (Å²) < 4.78 is 12.6. The largest absolute Gasteiger partial charge is 0.497 e. The molecule has 0 bridgehead atoms. The van der Waals surface area contributed by atoms with E-state index in [-0.39, 0.29) is 18.0 Å². The van der Waals surface area contributed by atoms with Crippen LogP contribution in [-0.4, -0.2) is 64.8 Å². The molecule has 2 heterocycles. The fourth-order valence-electron chi connectivity index (χ4n) is 3.54. The first kappa shape index (κ1) is 20.0. The van der Waals surface area contributed by atoms with Crippen molar-refractivity contribution in [2.45, 2.75) is 39.3 Å². The molecule has 0 radical (unpaired) electrons. The predicted molar refractivity (Wildman–Crippen MR) is 108 cm³/mol. The van der Waals surface area contributed by atoms with Gasteiger partial charge in [0.25, 0.3) is 5.91 Å². The maximum absolute atomic E-state index is 13.2. The van der Waals surface area contributed by atoms with Gasteiger partial charge in [0, 0.05) is 44.2 Å². The van der Waals surface area contributed by atoms with Crippen LogP contribution in [-0.2, 0) is 11.8 Å². The van der Waals surface area contributed by atoms with Crippen LogP contribution in [0.4, 0.5) is 4.79 Å². The second kappa shape index (κ2) is 7.37. The van der Waals surface area contributed by atoms with Crippen molar-refractivity contribution in [3.8, 4) is 5.75 Å². The number of benzene rings is 1. The van der Waals surface area contributed by atoms with E-state index in [2.05, 4.69) is 0 Å². The number of ether oxygens (including phenoxy) is 2. The molecule has 7 heteroatoms. The van der Waals surface area contributed by atoms with E-state index in [1.54, 1.807) is 12.0 Å². The zero-order chi connectivity index (χ0) is 20.6. The van der Waals surface area contributed by atoms with E-state index in [9.17, 15) is 9.59 Å². The summed E-state index contributed by atoms with van der Waals surface area (Å²) in [7, 11) is 3.51. The van der Waals surface area contributed by atoms with Crippen LogP contribution in [0.5, 0.6) is 5.75 Å². The Morgan fingerprint density at radius 2 is 1.86 bits per heavy atom. The number of piperazine rings is 1.